The number of benzene rings is 1. The Bertz CT molecular complexity index is 483. The first-order valence-electron chi connectivity index (χ1n) is 6.75. The second-order valence-corrected chi connectivity index (χ2v) is 6.37. The molecule has 1 aliphatic rings. The predicted molar refractivity (Wildman–Crippen MR) is 77.5 cm³/mol. The average molecular weight is 346 g/mol. The van der Waals surface area contributed by atoms with E-state index >= 15 is 0 Å². The molecule has 1 fully saturated rings. The van der Waals surface area contributed by atoms with Gasteiger partial charge in [-0.25, -0.2) is 8.78 Å². The summed E-state index contributed by atoms with van der Waals surface area (Å²) in [7, 11) is 1.73. The van der Waals surface area contributed by atoms with Crippen LogP contribution in [0, 0.1) is 5.92 Å². The van der Waals surface area contributed by atoms with E-state index in [-0.39, 0.29) is 37.5 Å². The summed E-state index contributed by atoms with van der Waals surface area (Å²) < 4.78 is 27.2. The monoisotopic (exact) mass is 345 g/mol. The Hall–Kier alpha value is -0.970. The van der Waals surface area contributed by atoms with E-state index in [9.17, 15) is 13.6 Å². The van der Waals surface area contributed by atoms with Crippen LogP contribution in [0.3, 0.4) is 0 Å². The fourth-order valence-electron chi connectivity index (χ4n) is 2.59. The van der Waals surface area contributed by atoms with Crippen LogP contribution in [0.15, 0.2) is 28.7 Å². The van der Waals surface area contributed by atoms with Crippen LogP contribution in [0.4, 0.5) is 8.78 Å². The molecule has 0 heterocycles. The van der Waals surface area contributed by atoms with E-state index in [1.54, 1.807) is 11.9 Å². The van der Waals surface area contributed by atoms with Crippen molar-refractivity contribution in [1.29, 1.82) is 0 Å². The minimum Gasteiger partial charge on any atom is -0.341 e. The van der Waals surface area contributed by atoms with Crippen LogP contribution in [-0.4, -0.2) is 23.8 Å². The van der Waals surface area contributed by atoms with Gasteiger partial charge in [0.05, 0.1) is 0 Å². The van der Waals surface area contributed by atoms with E-state index < -0.39 is 5.92 Å². The highest BCUT2D eigenvalue weighted by atomic mass is 79.9. The van der Waals surface area contributed by atoms with Crippen molar-refractivity contribution in [3.05, 3.63) is 34.3 Å². The third kappa shape index (κ3) is 4.01. The Morgan fingerprint density at radius 1 is 1.40 bits per heavy atom. The molecule has 20 heavy (non-hydrogen) atoms. The number of nitrogens with zero attached hydrogens (tertiary/aromatic N) is 1. The summed E-state index contributed by atoms with van der Waals surface area (Å²) in [6.45, 7) is 0.505. The second kappa shape index (κ2) is 6.20. The predicted octanol–water partition coefficient (Wildman–Crippen LogP) is 4.23. The normalized spacial score (nSPS) is 18.8. The van der Waals surface area contributed by atoms with Crippen molar-refractivity contribution in [3.63, 3.8) is 0 Å². The lowest BCUT2D eigenvalue weighted by Gasteiger charge is -2.30. The average Bonchev–Trinajstić information content (AvgIpc) is 2.38. The first-order valence-corrected chi connectivity index (χ1v) is 7.54. The van der Waals surface area contributed by atoms with E-state index in [4.69, 9.17) is 0 Å². The molecule has 2 rings (SSSR count). The highest BCUT2D eigenvalue weighted by Crippen LogP contribution is 2.36. The second-order valence-electron chi connectivity index (χ2n) is 5.45. The first kappa shape index (κ1) is 15.4. The highest BCUT2D eigenvalue weighted by Gasteiger charge is 2.38. The summed E-state index contributed by atoms with van der Waals surface area (Å²) in [4.78, 5) is 13.9. The van der Waals surface area contributed by atoms with Crippen LogP contribution in [0.5, 0.6) is 0 Å². The molecular formula is C15H18BrF2NO. The smallest absolute Gasteiger partial charge is 0.248 e. The molecule has 0 unspecified atom stereocenters. The maximum Gasteiger partial charge on any atom is 0.248 e. The van der Waals surface area contributed by atoms with Gasteiger partial charge in [0.2, 0.25) is 11.8 Å². The SMILES string of the molecule is CN(Cc1cccc(Br)c1)C(=O)C1CCC(F)(F)CC1. The van der Waals surface area contributed by atoms with Crippen LogP contribution < -0.4 is 0 Å². The van der Waals surface area contributed by atoms with Crippen molar-refractivity contribution in [2.45, 2.75) is 38.2 Å². The number of alkyl halides is 2. The summed E-state index contributed by atoms with van der Waals surface area (Å²) >= 11 is 3.39. The maximum atomic E-state index is 13.1. The van der Waals surface area contributed by atoms with E-state index in [1.807, 2.05) is 24.3 Å². The summed E-state index contributed by atoms with van der Waals surface area (Å²) in [6, 6.07) is 7.75. The Labute approximate surface area is 126 Å². The van der Waals surface area contributed by atoms with Crippen molar-refractivity contribution >= 4 is 21.8 Å². The molecule has 110 valence electrons. The molecule has 1 aliphatic carbocycles. The van der Waals surface area contributed by atoms with Crippen molar-refractivity contribution in [2.24, 2.45) is 5.92 Å². The number of amides is 1. The van der Waals surface area contributed by atoms with Gasteiger partial charge in [-0.2, -0.15) is 0 Å². The Morgan fingerprint density at radius 3 is 2.65 bits per heavy atom. The number of hydrogen-bond donors (Lipinski definition) is 0. The fraction of sp³-hybridized carbons (Fsp3) is 0.533. The van der Waals surface area contributed by atoms with Gasteiger partial charge in [0.1, 0.15) is 0 Å². The quantitative estimate of drug-likeness (QED) is 0.802. The molecule has 0 radical (unpaired) electrons. The number of rotatable bonds is 3. The van der Waals surface area contributed by atoms with Gasteiger partial charge in [-0.3, -0.25) is 4.79 Å². The van der Waals surface area contributed by atoms with Gasteiger partial charge < -0.3 is 4.90 Å². The van der Waals surface area contributed by atoms with Gasteiger partial charge in [-0.15, -0.1) is 0 Å². The van der Waals surface area contributed by atoms with Crippen LogP contribution in [-0.2, 0) is 11.3 Å². The van der Waals surface area contributed by atoms with Crippen molar-refractivity contribution < 1.29 is 13.6 Å². The Morgan fingerprint density at radius 2 is 2.05 bits per heavy atom. The van der Waals surface area contributed by atoms with E-state index in [1.165, 1.54) is 0 Å². The van der Waals surface area contributed by atoms with Crippen LogP contribution in [0.2, 0.25) is 0 Å². The van der Waals surface area contributed by atoms with Gasteiger partial charge in [0.15, 0.2) is 0 Å². The third-order valence-corrected chi connectivity index (χ3v) is 4.24. The number of carbonyl (C=O) groups excluding carboxylic acids is 1. The molecule has 0 aliphatic heterocycles. The molecule has 1 aromatic carbocycles. The first-order chi connectivity index (χ1) is 9.37. The van der Waals surface area contributed by atoms with Crippen molar-refractivity contribution in [3.8, 4) is 0 Å². The van der Waals surface area contributed by atoms with E-state index in [2.05, 4.69) is 15.9 Å². The molecular weight excluding hydrogens is 328 g/mol. The van der Waals surface area contributed by atoms with Gasteiger partial charge in [-0.1, -0.05) is 28.1 Å². The van der Waals surface area contributed by atoms with Crippen LogP contribution >= 0.6 is 15.9 Å². The molecule has 1 saturated carbocycles. The zero-order valence-corrected chi connectivity index (χ0v) is 13.0. The minimum absolute atomic E-state index is 0.0273. The molecule has 0 saturated heterocycles. The molecule has 0 spiro atoms. The van der Waals surface area contributed by atoms with Gasteiger partial charge >= 0.3 is 0 Å². The molecule has 5 heteroatoms. The van der Waals surface area contributed by atoms with Gasteiger partial charge in [0, 0.05) is 36.8 Å². The summed E-state index contributed by atoms with van der Waals surface area (Å²) in [5.41, 5.74) is 1.02. The molecule has 0 aromatic heterocycles. The molecule has 1 aromatic rings. The standard InChI is InChI=1S/C15H18BrF2NO/c1-19(10-11-3-2-4-13(16)9-11)14(20)12-5-7-15(17,18)8-6-12/h2-4,9,12H,5-8,10H2,1H3. The van der Waals surface area contributed by atoms with Gasteiger partial charge in [-0.05, 0) is 30.5 Å². The molecule has 0 atom stereocenters. The zero-order chi connectivity index (χ0) is 14.8. The summed E-state index contributed by atoms with van der Waals surface area (Å²) in [6.07, 6.45) is 0.228. The number of carbonyl (C=O) groups is 1. The maximum absolute atomic E-state index is 13.1. The fourth-order valence-corrected chi connectivity index (χ4v) is 3.03. The van der Waals surface area contributed by atoms with Crippen LogP contribution in [0.25, 0.3) is 0 Å². The van der Waals surface area contributed by atoms with Crippen molar-refractivity contribution in [1.82, 2.24) is 4.90 Å². The lowest BCUT2D eigenvalue weighted by atomic mass is 9.86. The highest BCUT2D eigenvalue weighted by molar-refractivity contribution is 9.10. The zero-order valence-electron chi connectivity index (χ0n) is 11.4. The van der Waals surface area contributed by atoms with Gasteiger partial charge in [0.25, 0.3) is 0 Å². The lowest BCUT2D eigenvalue weighted by molar-refractivity contribution is -0.138. The van der Waals surface area contributed by atoms with Crippen LogP contribution in [0.1, 0.15) is 31.2 Å². The Balaban J connectivity index is 1.92. The van der Waals surface area contributed by atoms with E-state index in [0.29, 0.717) is 6.54 Å². The largest absolute Gasteiger partial charge is 0.341 e. The molecule has 0 N–H and O–H groups in total. The summed E-state index contributed by atoms with van der Waals surface area (Å²) in [5.74, 6) is -2.87. The third-order valence-electron chi connectivity index (χ3n) is 3.75. The molecule has 2 nitrogen and oxygen atoms in total. The molecule has 1 amide bonds. The minimum atomic E-state index is -2.58. The molecule has 0 bridgehead atoms. The van der Waals surface area contributed by atoms with E-state index in [0.717, 1.165) is 10.0 Å². The Kier molecular flexibility index (Phi) is 4.78. The number of hydrogen-bond acceptors (Lipinski definition) is 1. The van der Waals surface area contributed by atoms with Crippen molar-refractivity contribution in [2.75, 3.05) is 7.05 Å². The number of halogens is 3. The lowest BCUT2D eigenvalue weighted by Crippen LogP contribution is -2.36. The topological polar surface area (TPSA) is 20.3 Å². The summed E-state index contributed by atoms with van der Waals surface area (Å²) in [5, 5.41) is 0.